The topological polar surface area (TPSA) is 64.0 Å². The molecular weight excluding hydrogens is 238 g/mol. The molecule has 1 heterocycles. The third kappa shape index (κ3) is 5.83. The maximum absolute atomic E-state index is 11.1. The molecule has 5 nitrogen and oxygen atoms in total. The van der Waals surface area contributed by atoms with Gasteiger partial charge in [-0.25, -0.2) is 13.4 Å². The van der Waals surface area contributed by atoms with Crippen LogP contribution in [0.1, 0.15) is 26.6 Å². The molecule has 0 fully saturated rings. The quantitative estimate of drug-likeness (QED) is 0.850. The number of nitrogens with zero attached hydrogens (tertiary/aromatic N) is 2. The van der Waals surface area contributed by atoms with E-state index in [2.05, 4.69) is 31.1 Å². The summed E-state index contributed by atoms with van der Waals surface area (Å²) in [5, 5.41) is 3.33. The number of aryl methyl sites for hydroxylation is 1. The van der Waals surface area contributed by atoms with Crippen molar-refractivity contribution in [3.05, 3.63) is 18.2 Å². The molecule has 0 bridgehead atoms. The average Bonchev–Trinajstić information content (AvgIpc) is 2.56. The van der Waals surface area contributed by atoms with Crippen molar-refractivity contribution in [1.29, 1.82) is 0 Å². The predicted molar refractivity (Wildman–Crippen MR) is 68.5 cm³/mol. The molecule has 0 unspecified atom stereocenters. The first-order valence-corrected chi connectivity index (χ1v) is 7.66. The number of sulfone groups is 1. The van der Waals surface area contributed by atoms with Crippen molar-refractivity contribution >= 4 is 9.84 Å². The van der Waals surface area contributed by atoms with Gasteiger partial charge in [0.05, 0.1) is 12.3 Å². The SMILES string of the molecule is CC(C)(C)NCc1nccn1CCS(C)(=O)=O. The molecule has 0 aliphatic carbocycles. The minimum absolute atomic E-state index is 0.0214. The van der Waals surface area contributed by atoms with E-state index >= 15 is 0 Å². The third-order valence-electron chi connectivity index (χ3n) is 2.28. The predicted octanol–water partition coefficient (Wildman–Crippen LogP) is 0.816. The van der Waals surface area contributed by atoms with Gasteiger partial charge in [-0.1, -0.05) is 0 Å². The van der Waals surface area contributed by atoms with Crippen LogP contribution in [-0.4, -0.2) is 35.5 Å². The maximum Gasteiger partial charge on any atom is 0.149 e. The van der Waals surface area contributed by atoms with E-state index in [1.54, 1.807) is 6.20 Å². The lowest BCUT2D eigenvalue weighted by Gasteiger charge is -2.20. The van der Waals surface area contributed by atoms with Crippen molar-refractivity contribution in [3.63, 3.8) is 0 Å². The van der Waals surface area contributed by atoms with Gasteiger partial charge in [-0.3, -0.25) is 0 Å². The summed E-state index contributed by atoms with van der Waals surface area (Å²) in [4.78, 5) is 4.23. The lowest BCUT2D eigenvalue weighted by molar-refractivity contribution is 0.412. The lowest BCUT2D eigenvalue weighted by Crippen LogP contribution is -2.36. The number of nitrogens with one attached hydrogen (secondary N) is 1. The van der Waals surface area contributed by atoms with Crippen LogP contribution in [0.15, 0.2) is 12.4 Å². The molecular formula is C11H21N3O2S. The Morgan fingerprint density at radius 1 is 1.41 bits per heavy atom. The van der Waals surface area contributed by atoms with Gasteiger partial charge in [-0.05, 0) is 20.8 Å². The van der Waals surface area contributed by atoms with Crippen molar-refractivity contribution in [1.82, 2.24) is 14.9 Å². The van der Waals surface area contributed by atoms with Gasteiger partial charge < -0.3 is 9.88 Å². The van der Waals surface area contributed by atoms with Crippen molar-refractivity contribution < 1.29 is 8.42 Å². The molecule has 1 N–H and O–H groups in total. The van der Waals surface area contributed by atoms with E-state index in [1.807, 2.05) is 10.8 Å². The number of rotatable bonds is 5. The lowest BCUT2D eigenvalue weighted by atomic mass is 10.1. The summed E-state index contributed by atoms with van der Waals surface area (Å²) < 4.78 is 24.1. The number of hydrogen-bond donors (Lipinski definition) is 1. The Hall–Kier alpha value is -0.880. The highest BCUT2D eigenvalue weighted by Gasteiger charge is 2.11. The minimum Gasteiger partial charge on any atom is -0.333 e. The van der Waals surface area contributed by atoms with Gasteiger partial charge in [0.1, 0.15) is 15.7 Å². The normalized spacial score (nSPS) is 12.9. The van der Waals surface area contributed by atoms with Crippen LogP contribution in [0.3, 0.4) is 0 Å². The average molecular weight is 259 g/mol. The highest BCUT2D eigenvalue weighted by molar-refractivity contribution is 7.90. The maximum atomic E-state index is 11.1. The Kier molecular flexibility index (Phi) is 4.32. The van der Waals surface area contributed by atoms with Crippen molar-refractivity contribution in [2.24, 2.45) is 0 Å². The molecule has 0 spiro atoms. The van der Waals surface area contributed by atoms with Crippen LogP contribution in [0.25, 0.3) is 0 Å². The first kappa shape index (κ1) is 14.2. The summed E-state index contributed by atoms with van der Waals surface area (Å²) >= 11 is 0. The number of hydrogen-bond acceptors (Lipinski definition) is 4. The largest absolute Gasteiger partial charge is 0.333 e. The van der Waals surface area contributed by atoms with E-state index in [9.17, 15) is 8.42 Å². The zero-order valence-corrected chi connectivity index (χ0v) is 11.7. The molecule has 0 amide bonds. The molecule has 98 valence electrons. The second kappa shape index (κ2) is 5.18. The van der Waals surface area contributed by atoms with E-state index in [1.165, 1.54) is 6.26 Å². The highest BCUT2D eigenvalue weighted by atomic mass is 32.2. The van der Waals surface area contributed by atoms with E-state index in [0.29, 0.717) is 13.1 Å². The monoisotopic (exact) mass is 259 g/mol. The summed E-state index contributed by atoms with van der Waals surface area (Å²) in [5.41, 5.74) is 0.0214. The zero-order valence-electron chi connectivity index (χ0n) is 10.9. The van der Waals surface area contributed by atoms with Crippen LogP contribution >= 0.6 is 0 Å². The Morgan fingerprint density at radius 3 is 2.59 bits per heavy atom. The molecule has 0 aliphatic rings. The summed E-state index contributed by atoms with van der Waals surface area (Å²) in [7, 11) is -2.93. The number of imidazole rings is 1. The minimum atomic E-state index is -2.93. The van der Waals surface area contributed by atoms with Crippen LogP contribution < -0.4 is 5.32 Å². The van der Waals surface area contributed by atoms with Crippen LogP contribution in [0.4, 0.5) is 0 Å². The van der Waals surface area contributed by atoms with Crippen molar-refractivity contribution in [2.45, 2.75) is 39.4 Å². The second-order valence-electron chi connectivity index (χ2n) is 5.27. The van der Waals surface area contributed by atoms with E-state index in [-0.39, 0.29) is 11.3 Å². The van der Waals surface area contributed by atoms with Crippen LogP contribution in [0.5, 0.6) is 0 Å². The van der Waals surface area contributed by atoms with Gasteiger partial charge in [-0.2, -0.15) is 0 Å². The summed E-state index contributed by atoms with van der Waals surface area (Å²) in [6.07, 6.45) is 4.75. The van der Waals surface area contributed by atoms with Gasteiger partial charge in [0.25, 0.3) is 0 Å². The second-order valence-corrected chi connectivity index (χ2v) is 7.53. The van der Waals surface area contributed by atoms with Crippen LogP contribution in [0, 0.1) is 0 Å². The molecule has 0 saturated carbocycles. The smallest absolute Gasteiger partial charge is 0.149 e. The summed E-state index contributed by atoms with van der Waals surface area (Å²) in [6.45, 7) is 7.34. The van der Waals surface area contributed by atoms with Gasteiger partial charge >= 0.3 is 0 Å². The molecule has 1 rings (SSSR count). The standard InChI is InChI=1S/C11H21N3O2S/c1-11(2,3)13-9-10-12-5-6-14(10)7-8-17(4,15)16/h5-6,13H,7-9H2,1-4H3. The molecule has 17 heavy (non-hydrogen) atoms. The van der Waals surface area contributed by atoms with Gasteiger partial charge in [-0.15, -0.1) is 0 Å². The first-order valence-electron chi connectivity index (χ1n) is 5.60. The number of aromatic nitrogens is 2. The highest BCUT2D eigenvalue weighted by Crippen LogP contribution is 2.03. The third-order valence-corrected chi connectivity index (χ3v) is 3.21. The summed E-state index contributed by atoms with van der Waals surface area (Å²) in [5.74, 6) is 1.01. The van der Waals surface area contributed by atoms with Gasteiger partial charge in [0.2, 0.25) is 0 Å². The molecule has 0 aliphatic heterocycles. The Balaban J connectivity index is 2.60. The van der Waals surface area contributed by atoms with Crippen molar-refractivity contribution in [3.8, 4) is 0 Å². The molecule has 1 aromatic heterocycles. The fraction of sp³-hybridized carbons (Fsp3) is 0.727. The molecule has 0 saturated heterocycles. The summed E-state index contributed by atoms with van der Waals surface area (Å²) in [6, 6.07) is 0. The Labute approximate surface area is 103 Å². The molecule has 0 atom stereocenters. The van der Waals surface area contributed by atoms with E-state index in [0.717, 1.165) is 5.82 Å². The zero-order chi connectivity index (χ0) is 13.1. The molecule has 1 aromatic rings. The van der Waals surface area contributed by atoms with Crippen LogP contribution in [-0.2, 0) is 22.9 Å². The van der Waals surface area contributed by atoms with Gasteiger partial charge in [0, 0.05) is 30.7 Å². The fourth-order valence-corrected chi connectivity index (χ4v) is 1.85. The fourth-order valence-electron chi connectivity index (χ4n) is 1.32. The van der Waals surface area contributed by atoms with E-state index < -0.39 is 9.84 Å². The van der Waals surface area contributed by atoms with Crippen LogP contribution in [0.2, 0.25) is 0 Å². The van der Waals surface area contributed by atoms with Crippen molar-refractivity contribution in [2.75, 3.05) is 12.0 Å². The molecule has 6 heteroatoms. The Morgan fingerprint density at radius 2 is 2.06 bits per heavy atom. The molecule has 0 aromatic carbocycles. The van der Waals surface area contributed by atoms with E-state index in [4.69, 9.17) is 0 Å². The molecule has 0 radical (unpaired) electrons. The Bertz CT molecular complexity index is 457. The first-order chi connectivity index (χ1) is 7.67. The van der Waals surface area contributed by atoms with Gasteiger partial charge in [0.15, 0.2) is 0 Å².